The molecule has 18 heavy (non-hydrogen) atoms. The molecule has 0 spiro atoms. The molecule has 0 bridgehead atoms. The molecule has 98 valence electrons. The fourth-order valence-corrected chi connectivity index (χ4v) is 2.01. The topological polar surface area (TPSA) is 67.8 Å². The van der Waals surface area contributed by atoms with E-state index in [0.717, 1.165) is 0 Å². The van der Waals surface area contributed by atoms with Crippen molar-refractivity contribution in [2.24, 2.45) is 0 Å². The van der Waals surface area contributed by atoms with Crippen LogP contribution in [0, 0.1) is 0 Å². The number of amides is 1. The second-order valence-corrected chi connectivity index (χ2v) is 5.54. The van der Waals surface area contributed by atoms with Gasteiger partial charge >= 0.3 is 0 Å². The SMILES string of the molecule is CC(C)(CO)NC(=O)c1cc2c(cc1Br)OCO2. The molecule has 0 saturated carbocycles. The fraction of sp³-hybridized carbons (Fsp3) is 0.417. The summed E-state index contributed by atoms with van der Waals surface area (Å²) in [5.74, 6) is 0.879. The lowest BCUT2D eigenvalue weighted by Crippen LogP contribution is -2.46. The zero-order valence-electron chi connectivity index (χ0n) is 10.1. The van der Waals surface area contributed by atoms with Crippen molar-refractivity contribution in [3.8, 4) is 11.5 Å². The molecule has 0 atom stereocenters. The number of ether oxygens (including phenoxy) is 2. The zero-order valence-corrected chi connectivity index (χ0v) is 11.7. The lowest BCUT2D eigenvalue weighted by atomic mass is 10.1. The molecular formula is C12H14BrNO4. The summed E-state index contributed by atoms with van der Waals surface area (Å²) >= 11 is 3.32. The van der Waals surface area contributed by atoms with Crippen LogP contribution in [0.25, 0.3) is 0 Å². The van der Waals surface area contributed by atoms with Crippen LogP contribution in [0.1, 0.15) is 24.2 Å². The van der Waals surface area contributed by atoms with Crippen LogP contribution >= 0.6 is 15.9 Å². The Morgan fingerprint density at radius 1 is 1.44 bits per heavy atom. The van der Waals surface area contributed by atoms with Gasteiger partial charge in [0, 0.05) is 4.47 Å². The van der Waals surface area contributed by atoms with Gasteiger partial charge in [-0.1, -0.05) is 0 Å². The second kappa shape index (κ2) is 4.78. The van der Waals surface area contributed by atoms with Crippen molar-refractivity contribution in [2.45, 2.75) is 19.4 Å². The van der Waals surface area contributed by atoms with E-state index >= 15 is 0 Å². The van der Waals surface area contributed by atoms with Crippen molar-refractivity contribution < 1.29 is 19.4 Å². The average molecular weight is 316 g/mol. The Morgan fingerprint density at radius 3 is 2.67 bits per heavy atom. The quantitative estimate of drug-likeness (QED) is 0.890. The Labute approximate surface area is 113 Å². The maximum Gasteiger partial charge on any atom is 0.253 e. The monoisotopic (exact) mass is 315 g/mol. The number of aliphatic hydroxyl groups is 1. The van der Waals surface area contributed by atoms with Crippen molar-refractivity contribution in [3.05, 3.63) is 22.2 Å². The fourth-order valence-electron chi connectivity index (χ4n) is 1.51. The minimum atomic E-state index is -0.674. The van der Waals surface area contributed by atoms with E-state index in [4.69, 9.17) is 14.6 Å². The largest absolute Gasteiger partial charge is 0.454 e. The number of benzene rings is 1. The Kier molecular flexibility index (Phi) is 3.49. The number of hydrogen-bond donors (Lipinski definition) is 2. The maximum atomic E-state index is 12.1. The highest BCUT2D eigenvalue weighted by Crippen LogP contribution is 2.36. The predicted molar refractivity (Wildman–Crippen MR) is 68.9 cm³/mol. The molecule has 0 aliphatic carbocycles. The van der Waals surface area contributed by atoms with Crippen molar-refractivity contribution in [2.75, 3.05) is 13.4 Å². The minimum Gasteiger partial charge on any atom is -0.454 e. The normalized spacial score (nSPS) is 13.6. The summed E-state index contributed by atoms with van der Waals surface area (Å²) in [5.41, 5.74) is -0.229. The maximum absolute atomic E-state index is 12.1. The lowest BCUT2D eigenvalue weighted by molar-refractivity contribution is 0.0868. The summed E-state index contributed by atoms with van der Waals surface area (Å²) in [5, 5.41) is 11.9. The number of rotatable bonds is 3. The molecule has 6 heteroatoms. The molecular weight excluding hydrogens is 302 g/mol. The van der Waals surface area contributed by atoms with E-state index in [1.807, 2.05) is 0 Å². The van der Waals surface area contributed by atoms with E-state index in [9.17, 15) is 4.79 Å². The molecule has 1 aliphatic rings. The van der Waals surface area contributed by atoms with Crippen LogP contribution in [0.5, 0.6) is 11.5 Å². The highest BCUT2D eigenvalue weighted by molar-refractivity contribution is 9.10. The minimum absolute atomic E-state index is 0.138. The van der Waals surface area contributed by atoms with Crippen LogP contribution in [0.15, 0.2) is 16.6 Å². The van der Waals surface area contributed by atoms with Gasteiger partial charge in [0.05, 0.1) is 17.7 Å². The van der Waals surface area contributed by atoms with Crippen LogP contribution in [-0.2, 0) is 0 Å². The van der Waals surface area contributed by atoms with Gasteiger partial charge < -0.3 is 19.9 Å². The number of nitrogens with one attached hydrogen (secondary N) is 1. The van der Waals surface area contributed by atoms with Crippen LogP contribution in [0.2, 0.25) is 0 Å². The molecule has 0 saturated heterocycles. The van der Waals surface area contributed by atoms with Gasteiger partial charge in [-0.2, -0.15) is 0 Å². The average Bonchev–Trinajstić information content (AvgIpc) is 2.74. The van der Waals surface area contributed by atoms with Gasteiger partial charge in [-0.25, -0.2) is 0 Å². The summed E-state index contributed by atoms with van der Waals surface area (Å²) in [6, 6.07) is 3.32. The summed E-state index contributed by atoms with van der Waals surface area (Å²) in [6.45, 7) is 3.51. The molecule has 1 aliphatic heterocycles. The summed E-state index contributed by atoms with van der Waals surface area (Å²) in [7, 11) is 0. The molecule has 5 nitrogen and oxygen atoms in total. The molecule has 0 unspecified atom stereocenters. The first-order chi connectivity index (χ1) is 8.43. The standard InChI is InChI=1S/C12H14BrNO4/c1-12(2,5-15)14-11(16)7-3-9-10(4-8(7)13)18-6-17-9/h3-4,15H,5-6H2,1-2H3,(H,14,16). The Morgan fingerprint density at radius 2 is 2.06 bits per heavy atom. The van der Waals surface area contributed by atoms with Crippen molar-refractivity contribution in [1.82, 2.24) is 5.32 Å². The van der Waals surface area contributed by atoms with Crippen LogP contribution < -0.4 is 14.8 Å². The van der Waals surface area contributed by atoms with E-state index in [1.54, 1.807) is 26.0 Å². The van der Waals surface area contributed by atoms with Gasteiger partial charge in [0.25, 0.3) is 5.91 Å². The van der Waals surface area contributed by atoms with Gasteiger partial charge in [0.15, 0.2) is 11.5 Å². The molecule has 2 N–H and O–H groups in total. The van der Waals surface area contributed by atoms with Gasteiger partial charge in [-0.05, 0) is 41.9 Å². The first-order valence-electron chi connectivity index (χ1n) is 5.45. The molecule has 1 amide bonds. The zero-order chi connectivity index (χ0) is 13.3. The molecule has 2 rings (SSSR count). The number of halogens is 1. The lowest BCUT2D eigenvalue weighted by Gasteiger charge is -2.23. The molecule has 1 heterocycles. The van der Waals surface area contributed by atoms with Crippen LogP contribution in [0.3, 0.4) is 0 Å². The van der Waals surface area contributed by atoms with Gasteiger partial charge in [0.1, 0.15) is 0 Å². The smallest absolute Gasteiger partial charge is 0.253 e. The van der Waals surface area contributed by atoms with Gasteiger partial charge in [-0.15, -0.1) is 0 Å². The third kappa shape index (κ3) is 2.59. The number of aliphatic hydroxyl groups excluding tert-OH is 1. The third-order valence-corrected chi connectivity index (χ3v) is 3.21. The molecule has 1 aromatic carbocycles. The molecule has 1 aromatic rings. The van der Waals surface area contributed by atoms with Crippen LogP contribution in [-0.4, -0.2) is 30.0 Å². The summed E-state index contributed by atoms with van der Waals surface area (Å²) in [4.78, 5) is 12.1. The molecule has 0 fully saturated rings. The Balaban J connectivity index is 2.26. The number of hydrogen-bond acceptors (Lipinski definition) is 4. The van der Waals surface area contributed by atoms with E-state index in [0.29, 0.717) is 21.5 Å². The van der Waals surface area contributed by atoms with E-state index in [1.165, 1.54) is 0 Å². The van der Waals surface area contributed by atoms with Crippen molar-refractivity contribution >= 4 is 21.8 Å². The number of fused-ring (bicyclic) bond motifs is 1. The van der Waals surface area contributed by atoms with E-state index < -0.39 is 5.54 Å². The third-order valence-electron chi connectivity index (χ3n) is 2.55. The van der Waals surface area contributed by atoms with Crippen molar-refractivity contribution in [1.29, 1.82) is 0 Å². The van der Waals surface area contributed by atoms with E-state index in [2.05, 4.69) is 21.2 Å². The first-order valence-corrected chi connectivity index (χ1v) is 6.25. The summed E-state index contributed by atoms with van der Waals surface area (Å²) in [6.07, 6.45) is 0. The van der Waals surface area contributed by atoms with Crippen molar-refractivity contribution in [3.63, 3.8) is 0 Å². The van der Waals surface area contributed by atoms with E-state index in [-0.39, 0.29) is 19.3 Å². The molecule has 0 radical (unpaired) electrons. The highest BCUT2D eigenvalue weighted by Gasteiger charge is 2.24. The molecule has 0 aromatic heterocycles. The number of carbonyl (C=O) groups excluding carboxylic acids is 1. The number of carbonyl (C=O) groups is 1. The highest BCUT2D eigenvalue weighted by atomic mass is 79.9. The second-order valence-electron chi connectivity index (χ2n) is 4.68. The van der Waals surface area contributed by atoms with Crippen LogP contribution in [0.4, 0.5) is 0 Å². The predicted octanol–water partition coefficient (Wildman–Crippen LogP) is 1.68. The van der Waals surface area contributed by atoms with Gasteiger partial charge in [0.2, 0.25) is 6.79 Å². The summed E-state index contributed by atoms with van der Waals surface area (Å²) < 4.78 is 11.1. The first kappa shape index (κ1) is 13.2. The van der Waals surface area contributed by atoms with Gasteiger partial charge in [-0.3, -0.25) is 4.79 Å². The Hall–Kier alpha value is -1.27. The Bertz CT molecular complexity index is 487.